The average Bonchev–Trinajstić information content (AvgIpc) is 2.18. The van der Waals surface area contributed by atoms with E-state index >= 15 is 0 Å². The second-order valence-corrected chi connectivity index (χ2v) is 3.03. The first-order valence-electron chi connectivity index (χ1n) is 3.71. The maximum atomic E-state index is 12.7. The molecule has 0 amide bonds. The van der Waals surface area contributed by atoms with Gasteiger partial charge in [0.25, 0.3) is 5.24 Å². The van der Waals surface area contributed by atoms with Crippen molar-refractivity contribution >= 4 is 16.8 Å². The summed E-state index contributed by atoms with van der Waals surface area (Å²) < 4.78 is 37.3. The number of alkyl halides is 3. The molecule has 0 aliphatic carbocycles. The molecule has 0 aromatic heterocycles. The average molecular weight is 223 g/mol. The van der Waals surface area contributed by atoms with Gasteiger partial charge in [0.2, 0.25) is 0 Å². The zero-order valence-electron chi connectivity index (χ0n) is 6.94. The Morgan fingerprint density at radius 2 is 1.79 bits per heavy atom. The summed E-state index contributed by atoms with van der Waals surface area (Å²) in [4.78, 5) is 10.6. The van der Waals surface area contributed by atoms with Gasteiger partial charge >= 0.3 is 5.92 Å². The molecule has 0 radical (unpaired) electrons. The first-order valence-corrected chi connectivity index (χ1v) is 4.09. The van der Waals surface area contributed by atoms with Gasteiger partial charge in [0.15, 0.2) is 6.67 Å². The third kappa shape index (κ3) is 2.26. The van der Waals surface area contributed by atoms with E-state index in [9.17, 15) is 18.0 Å². The predicted octanol–water partition coefficient (Wildman–Crippen LogP) is 3.13. The highest BCUT2D eigenvalue weighted by Gasteiger charge is 2.31. The van der Waals surface area contributed by atoms with Crippen molar-refractivity contribution in [3.63, 3.8) is 0 Å². The van der Waals surface area contributed by atoms with Crippen LogP contribution in [0.25, 0.3) is 0 Å². The highest BCUT2D eigenvalue weighted by atomic mass is 35.5. The van der Waals surface area contributed by atoms with Crippen molar-refractivity contribution in [1.82, 2.24) is 0 Å². The molecule has 0 unspecified atom stereocenters. The summed E-state index contributed by atoms with van der Waals surface area (Å²) in [5.41, 5.74) is -0.369. The van der Waals surface area contributed by atoms with E-state index < -0.39 is 23.4 Å². The number of carbonyl (C=O) groups is 1. The van der Waals surface area contributed by atoms with Crippen LogP contribution in [0.4, 0.5) is 13.2 Å². The van der Waals surface area contributed by atoms with Crippen molar-refractivity contribution in [2.45, 2.75) is 5.92 Å². The molecule has 0 atom stereocenters. The minimum atomic E-state index is -3.51. The molecule has 5 heteroatoms. The Kier molecular flexibility index (Phi) is 3.16. The molecule has 14 heavy (non-hydrogen) atoms. The third-order valence-corrected chi connectivity index (χ3v) is 1.92. The van der Waals surface area contributed by atoms with Crippen molar-refractivity contribution in [3.8, 4) is 0 Å². The van der Waals surface area contributed by atoms with E-state index in [0.717, 1.165) is 24.3 Å². The number of carbonyl (C=O) groups excluding carboxylic acids is 1. The van der Waals surface area contributed by atoms with Gasteiger partial charge in [-0.3, -0.25) is 4.79 Å². The second kappa shape index (κ2) is 4.00. The molecule has 76 valence electrons. The van der Waals surface area contributed by atoms with Gasteiger partial charge in [-0.25, -0.2) is 4.39 Å². The molecule has 0 fully saturated rings. The van der Waals surface area contributed by atoms with Crippen LogP contribution in [0.5, 0.6) is 0 Å². The lowest BCUT2D eigenvalue weighted by Crippen LogP contribution is -2.15. The standard InChI is InChI=1S/C9H6ClF3O/c10-8(14)6-1-3-7(4-2-6)9(12,13)5-11/h1-4H,5H2. The molecule has 1 rings (SSSR count). The Balaban J connectivity index is 2.99. The van der Waals surface area contributed by atoms with E-state index in [0.29, 0.717) is 0 Å². The fourth-order valence-electron chi connectivity index (χ4n) is 0.922. The minimum Gasteiger partial charge on any atom is -0.276 e. The maximum absolute atomic E-state index is 12.7. The Morgan fingerprint density at radius 1 is 1.29 bits per heavy atom. The Bertz CT molecular complexity index is 334. The minimum absolute atomic E-state index is 0.102. The molecule has 0 aliphatic rings. The molecule has 1 aromatic carbocycles. The van der Waals surface area contributed by atoms with Gasteiger partial charge in [0.05, 0.1) is 0 Å². The van der Waals surface area contributed by atoms with E-state index in [2.05, 4.69) is 0 Å². The monoisotopic (exact) mass is 222 g/mol. The molecule has 0 saturated carbocycles. The van der Waals surface area contributed by atoms with Crippen LogP contribution in [-0.2, 0) is 5.92 Å². The molecule has 1 aromatic rings. The van der Waals surface area contributed by atoms with Gasteiger partial charge in [-0.1, -0.05) is 12.1 Å². The number of hydrogen-bond donors (Lipinski definition) is 0. The summed E-state index contributed by atoms with van der Waals surface area (Å²) in [7, 11) is 0. The summed E-state index contributed by atoms with van der Waals surface area (Å²) >= 11 is 5.10. The first-order chi connectivity index (χ1) is 6.47. The lowest BCUT2D eigenvalue weighted by Gasteiger charge is -2.11. The maximum Gasteiger partial charge on any atom is 0.301 e. The summed E-state index contributed by atoms with van der Waals surface area (Å²) in [5, 5.41) is -0.736. The zero-order chi connectivity index (χ0) is 10.8. The smallest absolute Gasteiger partial charge is 0.276 e. The van der Waals surface area contributed by atoms with Gasteiger partial charge in [0.1, 0.15) is 0 Å². The van der Waals surface area contributed by atoms with Crippen molar-refractivity contribution in [3.05, 3.63) is 35.4 Å². The Morgan fingerprint density at radius 3 is 2.14 bits per heavy atom. The normalized spacial score (nSPS) is 11.4. The number of benzene rings is 1. The van der Waals surface area contributed by atoms with Crippen LogP contribution in [0.3, 0.4) is 0 Å². The van der Waals surface area contributed by atoms with Crippen molar-refractivity contribution < 1.29 is 18.0 Å². The van der Waals surface area contributed by atoms with Gasteiger partial charge in [-0.15, -0.1) is 0 Å². The molecule has 0 spiro atoms. The predicted molar refractivity (Wildman–Crippen MR) is 46.5 cm³/mol. The fraction of sp³-hybridized carbons (Fsp3) is 0.222. The Labute approximate surface area is 83.5 Å². The molecule has 0 bridgehead atoms. The molecular weight excluding hydrogens is 217 g/mol. The highest BCUT2D eigenvalue weighted by molar-refractivity contribution is 6.67. The van der Waals surface area contributed by atoms with Gasteiger partial charge in [-0.2, -0.15) is 8.78 Å². The summed E-state index contributed by atoms with van der Waals surface area (Å²) in [6.07, 6.45) is 0. The molecule has 0 heterocycles. The molecule has 0 aliphatic heterocycles. The van der Waals surface area contributed by atoms with Crippen LogP contribution in [-0.4, -0.2) is 11.9 Å². The van der Waals surface area contributed by atoms with E-state index in [1.165, 1.54) is 0 Å². The number of halogens is 4. The highest BCUT2D eigenvalue weighted by Crippen LogP contribution is 2.28. The van der Waals surface area contributed by atoms with E-state index in [1.807, 2.05) is 0 Å². The SMILES string of the molecule is O=C(Cl)c1ccc(C(F)(F)CF)cc1. The van der Waals surface area contributed by atoms with Crippen LogP contribution in [0.2, 0.25) is 0 Å². The van der Waals surface area contributed by atoms with Gasteiger partial charge in [0, 0.05) is 11.1 Å². The summed E-state index contributed by atoms with van der Waals surface area (Å²) in [6, 6.07) is 4.23. The molecule has 0 saturated heterocycles. The van der Waals surface area contributed by atoms with E-state index in [-0.39, 0.29) is 5.56 Å². The molecule has 1 nitrogen and oxygen atoms in total. The fourth-order valence-corrected chi connectivity index (χ4v) is 1.05. The van der Waals surface area contributed by atoms with Crippen LogP contribution in [0, 0.1) is 0 Å². The van der Waals surface area contributed by atoms with Crippen LogP contribution >= 0.6 is 11.6 Å². The third-order valence-electron chi connectivity index (χ3n) is 1.70. The largest absolute Gasteiger partial charge is 0.301 e. The van der Waals surface area contributed by atoms with E-state index in [1.54, 1.807) is 0 Å². The molecular formula is C9H6ClF3O. The van der Waals surface area contributed by atoms with Gasteiger partial charge < -0.3 is 0 Å². The number of hydrogen-bond acceptors (Lipinski definition) is 1. The summed E-state index contributed by atoms with van der Waals surface area (Å²) in [6.45, 7) is -1.76. The molecule has 0 N–H and O–H groups in total. The van der Waals surface area contributed by atoms with Gasteiger partial charge in [-0.05, 0) is 23.7 Å². The lowest BCUT2D eigenvalue weighted by atomic mass is 10.1. The Hall–Kier alpha value is -1.03. The van der Waals surface area contributed by atoms with Crippen LogP contribution < -0.4 is 0 Å². The summed E-state index contributed by atoms with van der Waals surface area (Å²) in [5.74, 6) is -3.51. The first kappa shape index (κ1) is 11.0. The van der Waals surface area contributed by atoms with Crippen molar-refractivity contribution in [2.24, 2.45) is 0 Å². The van der Waals surface area contributed by atoms with Crippen molar-refractivity contribution in [1.29, 1.82) is 0 Å². The van der Waals surface area contributed by atoms with Crippen LogP contribution in [0.1, 0.15) is 15.9 Å². The zero-order valence-corrected chi connectivity index (χ0v) is 7.69. The van der Waals surface area contributed by atoms with E-state index in [4.69, 9.17) is 11.6 Å². The van der Waals surface area contributed by atoms with Crippen LogP contribution in [0.15, 0.2) is 24.3 Å². The van der Waals surface area contributed by atoms with Crippen molar-refractivity contribution in [2.75, 3.05) is 6.67 Å². The lowest BCUT2D eigenvalue weighted by molar-refractivity contribution is -0.0280. The quantitative estimate of drug-likeness (QED) is 0.718. The number of rotatable bonds is 3. The topological polar surface area (TPSA) is 17.1 Å². The second-order valence-electron chi connectivity index (χ2n) is 2.69.